The van der Waals surface area contributed by atoms with Crippen molar-refractivity contribution in [1.29, 1.82) is 0 Å². The molecule has 0 radical (unpaired) electrons. The van der Waals surface area contributed by atoms with E-state index in [-0.39, 0.29) is 6.54 Å². The van der Waals surface area contributed by atoms with Crippen molar-refractivity contribution in [3.8, 4) is 5.95 Å². The van der Waals surface area contributed by atoms with Crippen LogP contribution in [0.3, 0.4) is 0 Å². The van der Waals surface area contributed by atoms with Crippen molar-refractivity contribution in [1.82, 2.24) is 25.1 Å². The first-order valence-electron chi connectivity index (χ1n) is 10.6. The molecule has 1 saturated carbocycles. The second kappa shape index (κ2) is 9.21. The van der Waals surface area contributed by atoms with Gasteiger partial charge in [0, 0.05) is 23.2 Å². The van der Waals surface area contributed by atoms with E-state index in [0.717, 1.165) is 43.9 Å². The van der Waals surface area contributed by atoms with Gasteiger partial charge in [-0.25, -0.2) is 14.1 Å². The monoisotopic (exact) mass is 496 g/mol. The Kier molecular flexibility index (Phi) is 6.48. The van der Waals surface area contributed by atoms with Gasteiger partial charge in [0.15, 0.2) is 17.3 Å². The highest BCUT2D eigenvalue weighted by Gasteiger charge is 2.40. The number of benzene rings is 1. The summed E-state index contributed by atoms with van der Waals surface area (Å²) in [4.78, 5) is 20.1. The lowest BCUT2D eigenvalue weighted by Crippen LogP contribution is -2.42. The highest BCUT2D eigenvalue weighted by molar-refractivity contribution is 6.30. The SMILES string of the molecule is Nc1nc(-n2cc(C(=O)NCC3(c4ccc(Cl)cc4)CCCCC3)c(C(F)(F)F)n2)ncc1F. The smallest absolute Gasteiger partial charge is 0.381 e. The first kappa shape index (κ1) is 23.9. The van der Waals surface area contributed by atoms with E-state index in [1.807, 2.05) is 12.1 Å². The zero-order valence-corrected chi connectivity index (χ0v) is 18.6. The minimum atomic E-state index is -4.91. The van der Waals surface area contributed by atoms with E-state index < -0.39 is 46.3 Å². The van der Waals surface area contributed by atoms with Gasteiger partial charge in [0.2, 0.25) is 0 Å². The highest BCUT2D eigenvalue weighted by atomic mass is 35.5. The van der Waals surface area contributed by atoms with Crippen molar-refractivity contribution in [3.05, 3.63) is 64.3 Å². The van der Waals surface area contributed by atoms with Crippen LogP contribution in [0.25, 0.3) is 5.95 Å². The Hall–Kier alpha value is -3.21. The van der Waals surface area contributed by atoms with E-state index in [2.05, 4.69) is 20.4 Å². The van der Waals surface area contributed by atoms with Gasteiger partial charge in [-0.2, -0.15) is 23.3 Å². The number of nitrogens with one attached hydrogen (secondary N) is 1. The predicted molar refractivity (Wildman–Crippen MR) is 117 cm³/mol. The van der Waals surface area contributed by atoms with Crippen molar-refractivity contribution in [3.63, 3.8) is 0 Å². The summed E-state index contributed by atoms with van der Waals surface area (Å²) in [5, 5.41) is 6.68. The summed E-state index contributed by atoms with van der Waals surface area (Å²) in [7, 11) is 0. The van der Waals surface area contributed by atoms with Crippen LogP contribution in [0.5, 0.6) is 0 Å². The number of hydrogen-bond donors (Lipinski definition) is 2. The second-order valence-corrected chi connectivity index (χ2v) is 8.70. The van der Waals surface area contributed by atoms with Crippen LogP contribution in [0.4, 0.5) is 23.4 Å². The number of nitrogens with zero attached hydrogens (tertiary/aromatic N) is 4. The van der Waals surface area contributed by atoms with Gasteiger partial charge in [-0.3, -0.25) is 4.79 Å². The van der Waals surface area contributed by atoms with Gasteiger partial charge in [-0.05, 0) is 30.5 Å². The first-order chi connectivity index (χ1) is 16.1. The molecule has 34 heavy (non-hydrogen) atoms. The molecule has 1 aliphatic rings. The lowest BCUT2D eigenvalue weighted by molar-refractivity contribution is -0.141. The number of aromatic nitrogens is 4. The molecule has 0 unspecified atom stereocenters. The molecule has 2 aromatic heterocycles. The van der Waals surface area contributed by atoms with Crippen molar-refractivity contribution < 1.29 is 22.4 Å². The zero-order chi connectivity index (χ0) is 24.5. The van der Waals surface area contributed by atoms with Crippen LogP contribution in [0, 0.1) is 5.82 Å². The highest BCUT2D eigenvalue weighted by Crippen LogP contribution is 2.39. The molecule has 0 spiro atoms. The van der Waals surface area contributed by atoms with Gasteiger partial charge in [-0.1, -0.05) is 43.0 Å². The molecule has 12 heteroatoms. The number of nitrogens with two attached hydrogens (primary N) is 1. The molecular formula is C22H21ClF4N6O. The molecule has 3 N–H and O–H groups in total. The van der Waals surface area contributed by atoms with Crippen LogP contribution >= 0.6 is 11.6 Å². The standard InChI is InChI=1S/C22H21ClF4N6O/c23-14-6-4-13(5-7-14)21(8-2-1-3-9-21)12-30-19(34)15-11-33(32-17(15)22(25,26)27)20-29-10-16(24)18(28)31-20/h4-7,10-11H,1-3,8-9,12H2,(H,30,34)(H2,28,29,31). The molecule has 0 aliphatic heterocycles. The number of carbonyl (C=O) groups is 1. The maximum Gasteiger partial charge on any atom is 0.435 e. The number of amides is 1. The number of alkyl halides is 3. The maximum atomic E-state index is 13.7. The number of rotatable bonds is 5. The van der Waals surface area contributed by atoms with E-state index in [9.17, 15) is 22.4 Å². The molecule has 2 heterocycles. The van der Waals surface area contributed by atoms with Crippen molar-refractivity contribution in [2.75, 3.05) is 12.3 Å². The third-order valence-electron chi connectivity index (χ3n) is 6.05. The molecule has 3 aromatic rings. The number of nitrogen functional groups attached to an aromatic ring is 1. The molecular weight excluding hydrogens is 476 g/mol. The van der Waals surface area contributed by atoms with Gasteiger partial charge in [0.1, 0.15) is 0 Å². The Morgan fingerprint density at radius 1 is 1.18 bits per heavy atom. The summed E-state index contributed by atoms with van der Waals surface area (Å²) in [5.74, 6) is -2.81. The summed E-state index contributed by atoms with van der Waals surface area (Å²) in [6.45, 7) is 0.149. The third-order valence-corrected chi connectivity index (χ3v) is 6.30. The second-order valence-electron chi connectivity index (χ2n) is 8.27. The normalized spacial score (nSPS) is 15.8. The minimum absolute atomic E-state index is 0.149. The number of anilines is 1. The van der Waals surface area contributed by atoms with Crippen molar-refractivity contribution in [2.24, 2.45) is 0 Å². The largest absolute Gasteiger partial charge is 0.435 e. The Morgan fingerprint density at radius 2 is 1.85 bits per heavy atom. The van der Waals surface area contributed by atoms with Crippen LogP contribution in [0.15, 0.2) is 36.7 Å². The summed E-state index contributed by atoms with van der Waals surface area (Å²) >= 11 is 6.01. The van der Waals surface area contributed by atoms with Crippen LogP contribution in [0.1, 0.15) is 53.7 Å². The average Bonchev–Trinajstić information content (AvgIpc) is 3.27. The molecule has 7 nitrogen and oxygen atoms in total. The lowest BCUT2D eigenvalue weighted by atomic mass is 9.69. The van der Waals surface area contributed by atoms with E-state index in [0.29, 0.717) is 15.9 Å². The molecule has 1 amide bonds. The Bertz CT molecular complexity index is 1190. The molecule has 1 aliphatic carbocycles. The molecule has 180 valence electrons. The zero-order valence-electron chi connectivity index (χ0n) is 17.9. The van der Waals surface area contributed by atoms with E-state index in [1.54, 1.807) is 12.1 Å². The van der Waals surface area contributed by atoms with Crippen molar-refractivity contribution >= 4 is 23.3 Å². The fraction of sp³-hybridized carbons (Fsp3) is 0.364. The third kappa shape index (κ3) is 4.84. The lowest BCUT2D eigenvalue weighted by Gasteiger charge is -2.38. The van der Waals surface area contributed by atoms with Crippen LogP contribution in [0.2, 0.25) is 5.02 Å². The van der Waals surface area contributed by atoms with Gasteiger partial charge in [0.25, 0.3) is 11.9 Å². The minimum Gasteiger partial charge on any atom is -0.381 e. The number of carbonyl (C=O) groups excluding carboxylic acids is 1. The van der Waals surface area contributed by atoms with E-state index >= 15 is 0 Å². The predicted octanol–water partition coefficient (Wildman–Crippen LogP) is 4.69. The van der Waals surface area contributed by atoms with Crippen LogP contribution in [-0.2, 0) is 11.6 Å². The Labute approximate surface area is 197 Å². The molecule has 1 aromatic carbocycles. The van der Waals surface area contributed by atoms with E-state index in [4.69, 9.17) is 17.3 Å². The molecule has 4 rings (SSSR count). The van der Waals surface area contributed by atoms with Crippen molar-refractivity contribution in [2.45, 2.75) is 43.7 Å². The van der Waals surface area contributed by atoms with E-state index in [1.165, 1.54) is 0 Å². The molecule has 0 bridgehead atoms. The summed E-state index contributed by atoms with van der Waals surface area (Å²) in [6, 6.07) is 7.29. The first-order valence-corrected chi connectivity index (χ1v) is 11.0. The van der Waals surface area contributed by atoms with Crippen LogP contribution in [-0.4, -0.2) is 32.2 Å². The topological polar surface area (TPSA) is 98.7 Å². The molecule has 0 saturated heterocycles. The number of halogens is 5. The van der Waals surface area contributed by atoms with Gasteiger partial charge < -0.3 is 11.1 Å². The quantitative estimate of drug-likeness (QED) is 0.499. The number of hydrogen-bond acceptors (Lipinski definition) is 5. The average molecular weight is 497 g/mol. The molecule has 1 fully saturated rings. The summed E-state index contributed by atoms with van der Waals surface area (Å²) in [6.07, 6.45) is 1.15. The summed E-state index contributed by atoms with van der Waals surface area (Å²) < 4.78 is 55.0. The van der Waals surface area contributed by atoms with Gasteiger partial charge in [-0.15, -0.1) is 0 Å². The fourth-order valence-corrected chi connectivity index (χ4v) is 4.40. The van der Waals surface area contributed by atoms with Gasteiger partial charge in [0.05, 0.1) is 11.8 Å². The Balaban J connectivity index is 1.63. The summed E-state index contributed by atoms with van der Waals surface area (Å²) in [5.41, 5.74) is 3.84. The molecule has 0 atom stereocenters. The maximum absolute atomic E-state index is 13.7. The van der Waals surface area contributed by atoms with Gasteiger partial charge >= 0.3 is 6.18 Å². The fourth-order valence-electron chi connectivity index (χ4n) is 4.28. The van der Waals surface area contributed by atoms with Crippen LogP contribution < -0.4 is 11.1 Å². The Morgan fingerprint density at radius 3 is 2.47 bits per heavy atom.